The number of hydrogen-bond donors (Lipinski definition) is 1. The summed E-state index contributed by atoms with van der Waals surface area (Å²) < 4.78 is 0. The minimum absolute atomic E-state index is 0.0758. The number of carbonyl (C=O) groups excluding carboxylic acids is 1. The van der Waals surface area contributed by atoms with E-state index in [-0.39, 0.29) is 5.91 Å². The third kappa shape index (κ3) is 4.11. The Morgan fingerprint density at radius 3 is 2.38 bits per heavy atom. The summed E-state index contributed by atoms with van der Waals surface area (Å²) >= 11 is 0. The fourth-order valence-electron chi connectivity index (χ4n) is 1.75. The molecule has 1 amide bonds. The topological polar surface area (TPSA) is 29.1 Å². The maximum Gasteiger partial charge on any atom is 0.244 e. The Bertz CT molecular complexity index is 198. The van der Waals surface area contributed by atoms with Crippen LogP contribution in [-0.2, 0) is 4.79 Å². The van der Waals surface area contributed by atoms with Crippen molar-refractivity contribution in [3.63, 3.8) is 0 Å². The Balaban J connectivity index is 2.30. The third-order valence-electron chi connectivity index (χ3n) is 2.37. The highest BCUT2D eigenvalue weighted by Crippen LogP contribution is 2.17. The number of allylic oxidation sites excluding steroid dienone is 1. The summed E-state index contributed by atoms with van der Waals surface area (Å²) in [5.74, 6) is 0.0758. The second-order valence-corrected chi connectivity index (χ2v) is 4.07. The van der Waals surface area contributed by atoms with E-state index in [0.717, 1.165) is 18.4 Å². The van der Waals surface area contributed by atoms with Crippen molar-refractivity contribution in [2.24, 2.45) is 0 Å². The molecule has 0 aromatic rings. The Labute approximate surface area is 80.4 Å². The molecule has 0 aromatic carbocycles. The molecule has 0 spiro atoms. The lowest BCUT2D eigenvalue weighted by atomic mass is 9.95. The van der Waals surface area contributed by atoms with Crippen LogP contribution in [0.25, 0.3) is 0 Å². The van der Waals surface area contributed by atoms with E-state index in [4.69, 9.17) is 0 Å². The summed E-state index contributed by atoms with van der Waals surface area (Å²) in [6.07, 6.45) is 7.84. The molecule has 0 unspecified atom stereocenters. The predicted molar refractivity (Wildman–Crippen MR) is 54.4 cm³/mol. The number of rotatable bonds is 2. The summed E-state index contributed by atoms with van der Waals surface area (Å²) in [6.45, 7) is 3.89. The molecule has 0 radical (unpaired) electrons. The molecular weight excluding hydrogens is 162 g/mol. The lowest BCUT2D eigenvalue weighted by molar-refractivity contribution is -0.117. The highest BCUT2D eigenvalue weighted by atomic mass is 16.1. The summed E-state index contributed by atoms with van der Waals surface area (Å²) in [4.78, 5) is 11.3. The van der Waals surface area contributed by atoms with Gasteiger partial charge in [0.05, 0.1) is 0 Å². The molecule has 0 bridgehead atoms. The molecule has 1 fully saturated rings. The zero-order valence-electron chi connectivity index (χ0n) is 8.60. The molecule has 2 nitrogen and oxygen atoms in total. The molecule has 74 valence electrons. The van der Waals surface area contributed by atoms with Crippen molar-refractivity contribution in [2.45, 2.75) is 52.0 Å². The van der Waals surface area contributed by atoms with Crippen LogP contribution >= 0.6 is 0 Å². The second kappa shape index (κ2) is 5.05. The Kier molecular flexibility index (Phi) is 4.00. The zero-order valence-corrected chi connectivity index (χ0v) is 8.60. The van der Waals surface area contributed by atoms with E-state index in [0.29, 0.717) is 6.04 Å². The van der Waals surface area contributed by atoms with Gasteiger partial charge >= 0.3 is 0 Å². The van der Waals surface area contributed by atoms with Crippen molar-refractivity contribution in [1.82, 2.24) is 5.32 Å². The van der Waals surface area contributed by atoms with Crippen molar-refractivity contribution in [3.05, 3.63) is 11.6 Å². The molecule has 1 rings (SSSR count). The quantitative estimate of drug-likeness (QED) is 0.651. The SMILES string of the molecule is CC(C)=CC(=O)NC1CCCCC1. The van der Waals surface area contributed by atoms with E-state index in [1.165, 1.54) is 19.3 Å². The van der Waals surface area contributed by atoms with Crippen molar-refractivity contribution >= 4 is 5.91 Å². The van der Waals surface area contributed by atoms with Crippen LogP contribution in [0, 0.1) is 0 Å². The molecule has 0 atom stereocenters. The number of amides is 1. The van der Waals surface area contributed by atoms with Crippen LogP contribution < -0.4 is 5.32 Å². The van der Waals surface area contributed by atoms with Gasteiger partial charge in [0.2, 0.25) is 5.91 Å². The van der Waals surface area contributed by atoms with E-state index in [2.05, 4.69) is 5.32 Å². The van der Waals surface area contributed by atoms with Crippen molar-refractivity contribution < 1.29 is 4.79 Å². The first-order chi connectivity index (χ1) is 6.18. The van der Waals surface area contributed by atoms with Crippen molar-refractivity contribution in [3.8, 4) is 0 Å². The van der Waals surface area contributed by atoms with Gasteiger partial charge in [-0.2, -0.15) is 0 Å². The Morgan fingerprint density at radius 1 is 1.23 bits per heavy atom. The van der Waals surface area contributed by atoms with Crippen LogP contribution in [0.3, 0.4) is 0 Å². The lowest BCUT2D eigenvalue weighted by Crippen LogP contribution is -2.35. The number of hydrogen-bond acceptors (Lipinski definition) is 1. The first kappa shape index (κ1) is 10.3. The third-order valence-corrected chi connectivity index (χ3v) is 2.37. The first-order valence-electron chi connectivity index (χ1n) is 5.14. The minimum Gasteiger partial charge on any atom is -0.350 e. The van der Waals surface area contributed by atoms with Gasteiger partial charge in [0.25, 0.3) is 0 Å². The molecular formula is C11H19NO. The van der Waals surface area contributed by atoms with Gasteiger partial charge in [-0.1, -0.05) is 24.8 Å². The minimum atomic E-state index is 0.0758. The summed E-state index contributed by atoms with van der Waals surface area (Å²) in [5.41, 5.74) is 1.06. The predicted octanol–water partition coefficient (Wildman–Crippen LogP) is 2.40. The van der Waals surface area contributed by atoms with E-state index in [1.54, 1.807) is 6.08 Å². The van der Waals surface area contributed by atoms with Crippen molar-refractivity contribution in [1.29, 1.82) is 0 Å². The fraction of sp³-hybridized carbons (Fsp3) is 0.727. The van der Waals surface area contributed by atoms with Gasteiger partial charge in [-0.15, -0.1) is 0 Å². The van der Waals surface area contributed by atoms with Crippen LogP contribution in [0.15, 0.2) is 11.6 Å². The summed E-state index contributed by atoms with van der Waals surface area (Å²) in [6, 6.07) is 0.428. The molecule has 1 aliphatic rings. The highest BCUT2D eigenvalue weighted by Gasteiger charge is 2.13. The van der Waals surface area contributed by atoms with Gasteiger partial charge in [-0.05, 0) is 26.7 Å². The molecule has 0 aromatic heterocycles. The standard InChI is InChI=1S/C11H19NO/c1-9(2)8-11(13)12-10-6-4-3-5-7-10/h8,10H,3-7H2,1-2H3,(H,12,13). The van der Waals surface area contributed by atoms with Crippen LogP contribution in [0.1, 0.15) is 46.0 Å². The Hall–Kier alpha value is -0.790. The average molecular weight is 181 g/mol. The van der Waals surface area contributed by atoms with Crippen LogP contribution in [0.2, 0.25) is 0 Å². The first-order valence-corrected chi connectivity index (χ1v) is 5.14. The summed E-state index contributed by atoms with van der Waals surface area (Å²) in [5, 5.41) is 3.03. The smallest absolute Gasteiger partial charge is 0.244 e. The molecule has 0 heterocycles. The fourth-order valence-corrected chi connectivity index (χ4v) is 1.75. The zero-order chi connectivity index (χ0) is 9.68. The average Bonchev–Trinajstić information content (AvgIpc) is 2.04. The van der Waals surface area contributed by atoms with Gasteiger partial charge in [0.15, 0.2) is 0 Å². The molecule has 1 N–H and O–H groups in total. The van der Waals surface area contributed by atoms with Gasteiger partial charge in [-0.3, -0.25) is 4.79 Å². The molecule has 1 saturated carbocycles. The van der Waals surface area contributed by atoms with E-state index >= 15 is 0 Å². The lowest BCUT2D eigenvalue weighted by Gasteiger charge is -2.22. The maximum absolute atomic E-state index is 11.3. The number of nitrogens with one attached hydrogen (secondary N) is 1. The molecule has 13 heavy (non-hydrogen) atoms. The molecule has 0 saturated heterocycles. The largest absolute Gasteiger partial charge is 0.350 e. The van der Waals surface area contributed by atoms with Crippen LogP contribution in [0.4, 0.5) is 0 Å². The number of carbonyl (C=O) groups is 1. The van der Waals surface area contributed by atoms with Gasteiger partial charge < -0.3 is 5.32 Å². The summed E-state index contributed by atoms with van der Waals surface area (Å²) in [7, 11) is 0. The van der Waals surface area contributed by atoms with E-state index in [9.17, 15) is 4.79 Å². The highest BCUT2D eigenvalue weighted by molar-refractivity contribution is 5.88. The monoisotopic (exact) mass is 181 g/mol. The van der Waals surface area contributed by atoms with Gasteiger partial charge in [-0.25, -0.2) is 0 Å². The van der Waals surface area contributed by atoms with E-state index < -0.39 is 0 Å². The normalized spacial score (nSPS) is 18.0. The second-order valence-electron chi connectivity index (χ2n) is 4.07. The van der Waals surface area contributed by atoms with Gasteiger partial charge in [0.1, 0.15) is 0 Å². The van der Waals surface area contributed by atoms with Crippen LogP contribution in [-0.4, -0.2) is 11.9 Å². The molecule has 2 heteroatoms. The molecule has 0 aliphatic heterocycles. The van der Waals surface area contributed by atoms with Crippen LogP contribution in [0.5, 0.6) is 0 Å². The maximum atomic E-state index is 11.3. The van der Waals surface area contributed by atoms with Crippen molar-refractivity contribution in [2.75, 3.05) is 0 Å². The molecule has 1 aliphatic carbocycles. The van der Waals surface area contributed by atoms with Gasteiger partial charge in [0, 0.05) is 12.1 Å². The Morgan fingerprint density at radius 2 is 1.85 bits per heavy atom. The van der Waals surface area contributed by atoms with E-state index in [1.807, 2.05) is 13.8 Å².